The number of nitrogens with zero attached hydrogens (tertiary/aromatic N) is 2. The van der Waals surface area contributed by atoms with Gasteiger partial charge in [0, 0.05) is 38.1 Å². The highest BCUT2D eigenvalue weighted by Crippen LogP contribution is 2.33. The van der Waals surface area contributed by atoms with Gasteiger partial charge in [-0.3, -0.25) is 9.89 Å². The zero-order valence-electron chi connectivity index (χ0n) is 16.8. The SMILES string of the molecule is CN=C(NCCC1CCN(CC(F)(F)F)CC1)NCC1(SC)CCOCC1.I. The fourth-order valence-electron chi connectivity index (χ4n) is 3.74. The lowest BCUT2D eigenvalue weighted by Gasteiger charge is -2.36. The Bertz CT molecular complexity index is 468. The summed E-state index contributed by atoms with van der Waals surface area (Å²) in [7, 11) is 1.76. The van der Waals surface area contributed by atoms with E-state index in [-0.39, 0.29) is 28.7 Å². The minimum Gasteiger partial charge on any atom is -0.381 e. The first-order valence-electron chi connectivity index (χ1n) is 9.72. The summed E-state index contributed by atoms with van der Waals surface area (Å²) in [5, 5.41) is 6.78. The Hall–Kier alpha value is 0.0600. The second kappa shape index (κ2) is 12.7. The van der Waals surface area contributed by atoms with Crippen LogP contribution in [0.4, 0.5) is 13.2 Å². The number of thioether (sulfide) groups is 1. The van der Waals surface area contributed by atoms with E-state index in [2.05, 4.69) is 21.9 Å². The number of aliphatic imine (C=N–C) groups is 1. The molecule has 2 heterocycles. The summed E-state index contributed by atoms with van der Waals surface area (Å²) < 4.78 is 43.0. The molecule has 0 aromatic carbocycles. The Labute approximate surface area is 188 Å². The minimum absolute atomic E-state index is 0. The van der Waals surface area contributed by atoms with Gasteiger partial charge >= 0.3 is 6.18 Å². The standard InChI is InChI=1S/C18H33F3N4OS.HI/c1-22-16(24-13-17(27-2)6-11-26-12-7-17)23-8-3-15-4-9-25(10-5-15)14-18(19,20)21;/h15H,3-14H2,1-2H3,(H2,22,23,24);1H. The van der Waals surface area contributed by atoms with Crippen LogP contribution in [0.5, 0.6) is 0 Å². The Morgan fingerprint density at radius 3 is 2.39 bits per heavy atom. The molecular weight excluding hydrogens is 504 g/mol. The molecule has 2 rings (SSSR count). The van der Waals surface area contributed by atoms with Crippen molar-refractivity contribution in [2.24, 2.45) is 10.9 Å². The van der Waals surface area contributed by atoms with E-state index in [1.807, 2.05) is 11.8 Å². The molecule has 2 aliphatic rings. The van der Waals surface area contributed by atoms with Crippen molar-refractivity contribution in [3.05, 3.63) is 0 Å². The van der Waals surface area contributed by atoms with Crippen LogP contribution in [0.1, 0.15) is 32.1 Å². The van der Waals surface area contributed by atoms with Crippen LogP contribution in [0.3, 0.4) is 0 Å². The number of rotatable bonds is 7. The molecule has 0 bridgehead atoms. The lowest BCUT2D eigenvalue weighted by atomic mass is 9.93. The summed E-state index contributed by atoms with van der Waals surface area (Å²) in [6.07, 6.45) is 2.75. The number of ether oxygens (including phenoxy) is 1. The molecule has 2 saturated heterocycles. The number of hydrogen-bond acceptors (Lipinski definition) is 4. The van der Waals surface area contributed by atoms with Crippen LogP contribution >= 0.6 is 35.7 Å². The molecule has 0 aliphatic carbocycles. The molecular formula is C18H34F3IN4OS. The Morgan fingerprint density at radius 1 is 1.21 bits per heavy atom. The zero-order valence-corrected chi connectivity index (χ0v) is 20.0. The molecule has 0 aromatic heterocycles. The van der Waals surface area contributed by atoms with Gasteiger partial charge in [-0.15, -0.1) is 24.0 Å². The summed E-state index contributed by atoms with van der Waals surface area (Å²) in [6.45, 7) is 3.55. The molecule has 0 saturated carbocycles. The minimum atomic E-state index is -4.09. The molecule has 2 N–H and O–H groups in total. The van der Waals surface area contributed by atoms with Crippen molar-refractivity contribution in [3.63, 3.8) is 0 Å². The topological polar surface area (TPSA) is 48.9 Å². The normalized spacial score (nSPS) is 21.8. The van der Waals surface area contributed by atoms with Gasteiger partial charge < -0.3 is 15.4 Å². The summed E-state index contributed by atoms with van der Waals surface area (Å²) >= 11 is 1.89. The third-order valence-electron chi connectivity index (χ3n) is 5.59. The Balaban J connectivity index is 0.00000392. The van der Waals surface area contributed by atoms with E-state index in [1.54, 1.807) is 7.05 Å². The van der Waals surface area contributed by atoms with Gasteiger partial charge in [-0.05, 0) is 57.4 Å². The number of halogens is 4. The molecule has 166 valence electrons. The molecule has 2 aliphatic heterocycles. The molecule has 0 amide bonds. The van der Waals surface area contributed by atoms with E-state index in [0.717, 1.165) is 64.4 Å². The van der Waals surface area contributed by atoms with Gasteiger partial charge in [0.2, 0.25) is 0 Å². The lowest BCUT2D eigenvalue weighted by molar-refractivity contribution is -0.148. The maximum absolute atomic E-state index is 12.4. The van der Waals surface area contributed by atoms with Crippen LogP contribution in [-0.2, 0) is 4.74 Å². The second-order valence-electron chi connectivity index (χ2n) is 7.48. The summed E-state index contributed by atoms with van der Waals surface area (Å²) in [6, 6.07) is 0. The highest BCUT2D eigenvalue weighted by molar-refractivity contribution is 14.0. The second-order valence-corrected chi connectivity index (χ2v) is 8.75. The molecule has 0 atom stereocenters. The van der Waals surface area contributed by atoms with Gasteiger partial charge in [0.25, 0.3) is 0 Å². The smallest absolute Gasteiger partial charge is 0.381 e. The highest BCUT2D eigenvalue weighted by atomic mass is 127. The van der Waals surface area contributed by atoms with Crippen LogP contribution in [0.15, 0.2) is 4.99 Å². The van der Waals surface area contributed by atoms with Crippen molar-refractivity contribution in [1.82, 2.24) is 15.5 Å². The first-order valence-corrected chi connectivity index (χ1v) is 10.9. The first kappa shape index (κ1) is 26.1. The molecule has 0 radical (unpaired) electrons. The maximum Gasteiger partial charge on any atom is 0.401 e. The lowest BCUT2D eigenvalue weighted by Crippen LogP contribution is -2.48. The predicted molar refractivity (Wildman–Crippen MR) is 121 cm³/mol. The Morgan fingerprint density at radius 2 is 1.86 bits per heavy atom. The molecule has 0 aromatic rings. The fraction of sp³-hybridized carbons (Fsp3) is 0.944. The maximum atomic E-state index is 12.4. The summed E-state index contributed by atoms with van der Waals surface area (Å²) in [5.41, 5.74) is 0. The van der Waals surface area contributed by atoms with Crippen LogP contribution < -0.4 is 10.6 Å². The van der Waals surface area contributed by atoms with E-state index in [9.17, 15) is 13.2 Å². The molecule has 2 fully saturated rings. The van der Waals surface area contributed by atoms with Gasteiger partial charge in [-0.2, -0.15) is 24.9 Å². The number of piperidine rings is 1. The van der Waals surface area contributed by atoms with Crippen molar-refractivity contribution in [2.75, 3.05) is 59.2 Å². The van der Waals surface area contributed by atoms with Crippen molar-refractivity contribution < 1.29 is 17.9 Å². The highest BCUT2D eigenvalue weighted by Gasteiger charge is 2.33. The average molecular weight is 538 g/mol. The van der Waals surface area contributed by atoms with E-state index >= 15 is 0 Å². The molecule has 5 nitrogen and oxygen atoms in total. The van der Waals surface area contributed by atoms with E-state index < -0.39 is 12.7 Å². The number of nitrogens with one attached hydrogen (secondary N) is 2. The molecule has 0 unspecified atom stereocenters. The third kappa shape index (κ3) is 9.25. The van der Waals surface area contributed by atoms with Gasteiger partial charge in [0.1, 0.15) is 0 Å². The van der Waals surface area contributed by atoms with E-state index in [4.69, 9.17) is 4.74 Å². The quantitative estimate of drug-likeness (QED) is 0.296. The van der Waals surface area contributed by atoms with Crippen molar-refractivity contribution in [1.29, 1.82) is 0 Å². The predicted octanol–water partition coefficient (Wildman–Crippen LogP) is 3.35. The summed E-state index contributed by atoms with van der Waals surface area (Å²) in [4.78, 5) is 5.81. The zero-order chi connectivity index (χ0) is 19.8. The van der Waals surface area contributed by atoms with Crippen LogP contribution in [-0.4, -0.2) is 81.0 Å². The van der Waals surface area contributed by atoms with Crippen LogP contribution in [0.2, 0.25) is 0 Å². The van der Waals surface area contributed by atoms with Gasteiger partial charge in [0.05, 0.1) is 6.54 Å². The molecule has 10 heteroatoms. The van der Waals surface area contributed by atoms with Gasteiger partial charge in [0.15, 0.2) is 5.96 Å². The van der Waals surface area contributed by atoms with Crippen molar-refractivity contribution in [3.8, 4) is 0 Å². The third-order valence-corrected chi connectivity index (χ3v) is 7.01. The number of guanidine groups is 1. The first-order chi connectivity index (χ1) is 12.9. The number of hydrogen-bond donors (Lipinski definition) is 2. The molecule has 28 heavy (non-hydrogen) atoms. The van der Waals surface area contributed by atoms with Gasteiger partial charge in [-0.25, -0.2) is 0 Å². The van der Waals surface area contributed by atoms with Crippen molar-refractivity contribution in [2.45, 2.75) is 43.0 Å². The van der Waals surface area contributed by atoms with Gasteiger partial charge in [-0.1, -0.05) is 0 Å². The van der Waals surface area contributed by atoms with E-state index in [0.29, 0.717) is 19.0 Å². The monoisotopic (exact) mass is 538 g/mol. The Kier molecular flexibility index (Phi) is 11.8. The number of alkyl halides is 3. The largest absolute Gasteiger partial charge is 0.401 e. The van der Waals surface area contributed by atoms with Crippen LogP contribution in [0.25, 0.3) is 0 Å². The molecule has 0 spiro atoms. The number of likely N-dealkylation sites (tertiary alicyclic amines) is 1. The summed E-state index contributed by atoms with van der Waals surface area (Å²) in [5.74, 6) is 1.28. The van der Waals surface area contributed by atoms with Crippen molar-refractivity contribution >= 4 is 41.7 Å². The van der Waals surface area contributed by atoms with E-state index in [1.165, 1.54) is 4.90 Å². The fourth-order valence-corrected chi connectivity index (χ4v) is 4.53. The van der Waals surface area contributed by atoms with Crippen LogP contribution in [0, 0.1) is 5.92 Å². The average Bonchev–Trinajstić information content (AvgIpc) is 2.65.